The van der Waals surface area contributed by atoms with E-state index in [1.54, 1.807) is 0 Å². The van der Waals surface area contributed by atoms with Gasteiger partial charge in [0.1, 0.15) is 5.75 Å². The Balaban J connectivity index is 3.63. The van der Waals surface area contributed by atoms with Crippen molar-refractivity contribution >= 4 is 6.09 Å². The second-order valence-electron chi connectivity index (χ2n) is 7.32. The maximum atomic E-state index is 11.7. The van der Waals surface area contributed by atoms with Crippen LogP contribution in [0.1, 0.15) is 58.2 Å². The molecule has 0 aliphatic rings. The fraction of sp³-hybridized carbons (Fsp3) is 0.588. The molecule has 1 aromatic rings. The Hall–Kier alpha value is -1.55. The third-order valence-electron chi connectivity index (χ3n) is 3.35. The van der Waals surface area contributed by atoms with Gasteiger partial charge in [-0.3, -0.25) is 0 Å². The summed E-state index contributed by atoms with van der Waals surface area (Å²) in [5, 5.41) is 12.0. The minimum absolute atomic E-state index is 0.0353. The highest BCUT2D eigenvalue weighted by atomic mass is 16.6. The second kappa shape index (κ2) is 6.06. The van der Waals surface area contributed by atoms with E-state index in [2.05, 4.69) is 46.9 Å². The molecule has 0 atom stereocenters. The summed E-state index contributed by atoms with van der Waals surface area (Å²) in [4.78, 5) is 11.7. The van der Waals surface area contributed by atoms with Gasteiger partial charge in [0.05, 0.1) is 6.61 Å². The first-order valence-electron chi connectivity index (χ1n) is 7.19. The van der Waals surface area contributed by atoms with Gasteiger partial charge in [0, 0.05) is 18.2 Å². The van der Waals surface area contributed by atoms with Gasteiger partial charge in [0.25, 0.3) is 0 Å². The second-order valence-corrected chi connectivity index (χ2v) is 7.32. The SMILES string of the molecule is CNC(=O)Oc1c(C(C)(C)C)cc(CO)cc1C(C)(C)C. The molecule has 0 unspecified atom stereocenters. The summed E-state index contributed by atoms with van der Waals surface area (Å²) in [5.74, 6) is 0.589. The summed E-state index contributed by atoms with van der Waals surface area (Å²) < 4.78 is 5.55. The van der Waals surface area contributed by atoms with E-state index in [0.717, 1.165) is 16.7 Å². The maximum absolute atomic E-state index is 11.7. The number of carbonyl (C=O) groups is 1. The first kappa shape index (κ1) is 17.5. The Morgan fingerprint density at radius 1 is 1.10 bits per heavy atom. The highest BCUT2D eigenvalue weighted by Crippen LogP contribution is 2.40. The Labute approximate surface area is 127 Å². The molecular weight excluding hydrogens is 266 g/mol. The van der Waals surface area contributed by atoms with Gasteiger partial charge < -0.3 is 15.2 Å². The van der Waals surface area contributed by atoms with Crippen LogP contribution in [-0.4, -0.2) is 18.2 Å². The molecule has 1 aromatic carbocycles. The fourth-order valence-corrected chi connectivity index (χ4v) is 2.15. The largest absolute Gasteiger partial charge is 0.412 e. The summed E-state index contributed by atoms with van der Waals surface area (Å²) in [6, 6.07) is 3.82. The van der Waals surface area contributed by atoms with Gasteiger partial charge in [0.15, 0.2) is 0 Å². The number of hydrogen-bond donors (Lipinski definition) is 2. The molecule has 0 aliphatic carbocycles. The number of aliphatic hydroxyl groups is 1. The van der Waals surface area contributed by atoms with Crippen LogP contribution in [0.2, 0.25) is 0 Å². The zero-order valence-electron chi connectivity index (χ0n) is 14.1. The molecular formula is C17H27NO3. The van der Waals surface area contributed by atoms with E-state index in [1.165, 1.54) is 7.05 Å². The Kier molecular flexibility index (Phi) is 5.05. The predicted octanol–water partition coefficient (Wildman–Crippen LogP) is 3.49. The van der Waals surface area contributed by atoms with E-state index in [1.807, 2.05) is 12.1 Å². The molecule has 21 heavy (non-hydrogen) atoms. The highest BCUT2D eigenvalue weighted by molar-refractivity contribution is 5.72. The molecule has 0 aromatic heterocycles. The number of amides is 1. The van der Waals surface area contributed by atoms with Crippen LogP contribution in [-0.2, 0) is 17.4 Å². The van der Waals surface area contributed by atoms with Crippen LogP contribution in [0.15, 0.2) is 12.1 Å². The van der Waals surface area contributed by atoms with Crippen LogP contribution in [0.4, 0.5) is 4.79 Å². The van der Waals surface area contributed by atoms with Crippen LogP contribution in [0, 0.1) is 0 Å². The van der Waals surface area contributed by atoms with E-state index in [-0.39, 0.29) is 17.4 Å². The van der Waals surface area contributed by atoms with Gasteiger partial charge in [-0.15, -0.1) is 0 Å². The Bertz CT molecular complexity index is 487. The van der Waals surface area contributed by atoms with Crippen LogP contribution < -0.4 is 10.1 Å². The number of hydrogen-bond acceptors (Lipinski definition) is 3. The van der Waals surface area contributed by atoms with E-state index >= 15 is 0 Å². The topological polar surface area (TPSA) is 58.6 Å². The van der Waals surface area contributed by atoms with Gasteiger partial charge in [0.2, 0.25) is 0 Å². The molecule has 1 rings (SSSR count). The molecule has 2 N–H and O–H groups in total. The van der Waals surface area contributed by atoms with Crippen molar-refractivity contribution in [2.75, 3.05) is 7.05 Å². The van der Waals surface area contributed by atoms with Gasteiger partial charge in [-0.05, 0) is 28.5 Å². The monoisotopic (exact) mass is 293 g/mol. The van der Waals surface area contributed by atoms with Crippen LogP contribution in [0.5, 0.6) is 5.75 Å². The maximum Gasteiger partial charge on any atom is 0.412 e. The van der Waals surface area contributed by atoms with Crippen molar-refractivity contribution in [3.8, 4) is 5.75 Å². The molecule has 0 saturated carbocycles. The number of carbonyl (C=O) groups excluding carboxylic acids is 1. The molecule has 0 saturated heterocycles. The summed E-state index contributed by atoms with van der Waals surface area (Å²) in [6.45, 7) is 12.3. The van der Waals surface area contributed by atoms with E-state index < -0.39 is 6.09 Å². The lowest BCUT2D eigenvalue weighted by molar-refractivity contribution is 0.201. The third-order valence-corrected chi connectivity index (χ3v) is 3.35. The van der Waals surface area contributed by atoms with Gasteiger partial charge in [-0.25, -0.2) is 4.79 Å². The minimum Gasteiger partial charge on any atom is -0.410 e. The lowest BCUT2D eigenvalue weighted by atomic mass is 9.78. The average molecular weight is 293 g/mol. The zero-order valence-corrected chi connectivity index (χ0v) is 14.1. The summed E-state index contributed by atoms with van der Waals surface area (Å²) >= 11 is 0. The van der Waals surface area contributed by atoms with Gasteiger partial charge >= 0.3 is 6.09 Å². The van der Waals surface area contributed by atoms with Crippen LogP contribution in [0.25, 0.3) is 0 Å². The van der Waals surface area contributed by atoms with Crippen LogP contribution in [0.3, 0.4) is 0 Å². The lowest BCUT2D eigenvalue weighted by Crippen LogP contribution is -2.27. The van der Waals surface area contributed by atoms with Crippen molar-refractivity contribution in [1.29, 1.82) is 0 Å². The van der Waals surface area contributed by atoms with Crippen molar-refractivity contribution in [3.05, 3.63) is 28.8 Å². The molecule has 0 spiro atoms. The van der Waals surface area contributed by atoms with Crippen LogP contribution >= 0.6 is 0 Å². The van der Waals surface area contributed by atoms with Crippen molar-refractivity contribution in [2.45, 2.75) is 59.0 Å². The zero-order chi connectivity index (χ0) is 16.4. The molecule has 1 amide bonds. The molecule has 0 aliphatic heterocycles. The number of benzene rings is 1. The molecule has 118 valence electrons. The summed E-state index contributed by atoms with van der Waals surface area (Å²) in [5.41, 5.74) is 2.27. The third kappa shape index (κ3) is 4.21. The first-order valence-corrected chi connectivity index (χ1v) is 7.19. The Morgan fingerprint density at radius 2 is 1.52 bits per heavy atom. The standard InChI is InChI=1S/C17H27NO3/c1-16(2,3)12-8-11(10-19)9-13(17(4,5)6)14(12)21-15(20)18-7/h8-9,19H,10H2,1-7H3,(H,18,20). The van der Waals surface area contributed by atoms with Crippen molar-refractivity contribution in [1.82, 2.24) is 5.32 Å². The number of rotatable bonds is 2. The smallest absolute Gasteiger partial charge is 0.410 e. The first-order chi connectivity index (χ1) is 9.50. The molecule has 0 heterocycles. The predicted molar refractivity (Wildman–Crippen MR) is 84.8 cm³/mol. The highest BCUT2D eigenvalue weighted by Gasteiger charge is 2.29. The van der Waals surface area contributed by atoms with E-state index in [0.29, 0.717) is 5.75 Å². The van der Waals surface area contributed by atoms with Gasteiger partial charge in [-0.1, -0.05) is 41.5 Å². The fourth-order valence-electron chi connectivity index (χ4n) is 2.15. The van der Waals surface area contributed by atoms with E-state index in [4.69, 9.17) is 4.74 Å². The van der Waals surface area contributed by atoms with Crippen molar-refractivity contribution in [2.24, 2.45) is 0 Å². The summed E-state index contributed by atoms with van der Waals surface area (Å²) in [6.07, 6.45) is -0.484. The number of nitrogens with one attached hydrogen (secondary N) is 1. The molecule has 0 fully saturated rings. The van der Waals surface area contributed by atoms with E-state index in [9.17, 15) is 9.90 Å². The lowest BCUT2D eigenvalue weighted by Gasteiger charge is -2.29. The number of aliphatic hydroxyl groups excluding tert-OH is 1. The quantitative estimate of drug-likeness (QED) is 0.877. The van der Waals surface area contributed by atoms with Crippen molar-refractivity contribution < 1.29 is 14.6 Å². The molecule has 0 radical (unpaired) electrons. The summed E-state index contributed by atoms with van der Waals surface area (Å²) in [7, 11) is 1.54. The number of ether oxygens (including phenoxy) is 1. The normalized spacial score (nSPS) is 12.2. The molecule has 4 nitrogen and oxygen atoms in total. The molecule has 4 heteroatoms. The van der Waals surface area contributed by atoms with Crippen molar-refractivity contribution in [3.63, 3.8) is 0 Å². The molecule has 0 bridgehead atoms. The minimum atomic E-state index is -0.484. The average Bonchev–Trinajstić information content (AvgIpc) is 2.35. The Morgan fingerprint density at radius 3 is 1.81 bits per heavy atom. The van der Waals surface area contributed by atoms with Gasteiger partial charge in [-0.2, -0.15) is 0 Å².